The third-order valence-corrected chi connectivity index (χ3v) is 2.88. The highest BCUT2D eigenvalue weighted by atomic mass is 16.7. The summed E-state index contributed by atoms with van der Waals surface area (Å²) in [6, 6.07) is 0. The Morgan fingerprint density at radius 2 is 1.58 bits per heavy atom. The molecule has 0 bridgehead atoms. The van der Waals surface area contributed by atoms with Crippen LogP contribution in [0.25, 0.3) is 0 Å². The van der Waals surface area contributed by atoms with Crippen LogP contribution in [0.5, 0.6) is 0 Å². The maximum absolute atomic E-state index is 9.78. The van der Waals surface area contributed by atoms with Gasteiger partial charge in [0.2, 0.25) is 0 Å². The molecule has 4 N–H and O–H groups in total. The molecule has 0 spiro atoms. The van der Waals surface area contributed by atoms with Gasteiger partial charge in [0.15, 0.2) is 6.29 Å². The van der Waals surface area contributed by atoms with Crippen LogP contribution in [0, 0.1) is 0 Å². The van der Waals surface area contributed by atoms with E-state index in [1.165, 1.54) is 14.2 Å². The van der Waals surface area contributed by atoms with Crippen molar-refractivity contribution >= 4 is 0 Å². The molecule has 19 heavy (non-hydrogen) atoms. The third-order valence-electron chi connectivity index (χ3n) is 2.88. The quantitative estimate of drug-likeness (QED) is 0.403. The van der Waals surface area contributed by atoms with E-state index >= 15 is 0 Å². The van der Waals surface area contributed by atoms with E-state index < -0.39 is 43.4 Å². The fourth-order valence-corrected chi connectivity index (χ4v) is 1.87. The van der Waals surface area contributed by atoms with Gasteiger partial charge >= 0.3 is 0 Å². The minimum Gasteiger partial charge on any atom is -0.394 e. The van der Waals surface area contributed by atoms with Gasteiger partial charge in [-0.2, -0.15) is 0 Å². The highest BCUT2D eigenvalue weighted by Crippen LogP contribution is 2.22. The van der Waals surface area contributed by atoms with E-state index in [0.29, 0.717) is 0 Å². The maximum atomic E-state index is 9.78. The lowest BCUT2D eigenvalue weighted by atomic mass is 9.99. The predicted molar refractivity (Wildman–Crippen MR) is 62.4 cm³/mol. The van der Waals surface area contributed by atoms with Crippen LogP contribution in [0.15, 0.2) is 0 Å². The average Bonchev–Trinajstić information content (AvgIpc) is 2.40. The highest BCUT2D eigenvalue weighted by molar-refractivity contribution is 4.89. The molecule has 1 aliphatic rings. The molecule has 0 aromatic rings. The van der Waals surface area contributed by atoms with Gasteiger partial charge in [-0.05, 0) is 0 Å². The summed E-state index contributed by atoms with van der Waals surface area (Å²) in [5.41, 5.74) is 0. The monoisotopic (exact) mass is 282 g/mol. The molecule has 1 fully saturated rings. The number of aliphatic hydroxyl groups is 4. The Bertz CT molecular complexity index is 243. The zero-order valence-corrected chi connectivity index (χ0v) is 11.0. The van der Waals surface area contributed by atoms with Crippen molar-refractivity contribution in [2.24, 2.45) is 0 Å². The van der Waals surface area contributed by atoms with E-state index in [0.717, 1.165) is 0 Å². The van der Waals surface area contributed by atoms with Crippen LogP contribution in [-0.2, 0) is 18.9 Å². The molecule has 1 rings (SSSR count). The number of rotatable bonds is 7. The fraction of sp³-hybridized carbons (Fsp3) is 1.00. The van der Waals surface area contributed by atoms with Crippen LogP contribution in [0.2, 0.25) is 0 Å². The van der Waals surface area contributed by atoms with Crippen LogP contribution in [0.4, 0.5) is 0 Å². The van der Waals surface area contributed by atoms with Crippen molar-refractivity contribution in [2.45, 2.75) is 36.8 Å². The minimum absolute atomic E-state index is 0.211. The molecule has 1 heterocycles. The van der Waals surface area contributed by atoms with E-state index in [4.69, 9.17) is 24.1 Å². The Kier molecular flexibility index (Phi) is 7.11. The minimum atomic E-state index is -1.46. The average molecular weight is 282 g/mol. The lowest BCUT2D eigenvalue weighted by Crippen LogP contribution is -2.60. The lowest BCUT2D eigenvalue weighted by molar-refractivity contribution is -0.315. The molecule has 1 aliphatic heterocycles. The molecule has 1 saturated heterocycles. The SMILES string of the molecule is COCC(COC)OC1OC(CO)C(O)C(O)C1O. The molecule has 8 nitrogen and oxygen atoms in total. The number of hydrogen-bond donors (Lipinski definition) is 4. The van der Waals surface area contributed by atoms with E-state index in [9.17, 15) is 15.3 Å². The molecular weight excluding hydrogens is 260 g/mol. The summed E-state index contributed by atoms with van der Waals surface area (Å²) in [6.45, 7) is -0.0737. The van der Waals surface area contributed by atoms with Crippen molar-refractivity contribution in [3.05, 3.63) is 0 Å². The smallest absolute Gasteiger partial charge is 0.187 e. The first-order valence-electron chi connectivity index (χ1n) is 5.99. The van der Waals surface area contributed by atoms with Gasteiger partial charge in [0, 0.05) is 14.2 Å². The van der Waals surface area contributed by atoms with Gasteiger partial charge in [-0.1, -0.05) is 0 Å². The van der Waals surface area contributed by atoms with Crippen LogP contribution in [-0.4, -0.2) is 91.3 Å². The van der Waals surface area contributed by atoms with E-state index in [-0.39, 0.29) is 13.2 Å². The third kappa shape index (κ3) is 4.33. The van der Waals surface area contributed by atoms with Gasteiger partial charge < -0.3 is 39.4 Å². The molecule has 5 unspecified atom stereocenters. The fourth-order valence-electron chi connectivity index (χ4n) is 1.87. The van der Waals surface area contributed by atoms with Crippen molar-refractivity contribution in [3.63, 3.8) is 0 Å². The predicted octanol–water partition coefficient (Wildman–Crippen LogP) is -2.54. The van der Waals surface area contributed by atoms with Gasteiger partial charge in [0.05, 0.1) is 19.8 Å². The number of methoxy groups -OCH3 is 2. The van der Waals surface area contributed by atoms with Crippen LogP contribution >= 0.6 is 0 Å². The number of ether oxygens (including phenoxy) is 4. The summed E-state index contributed by atoms with van der Waals surface area (Å²) in [7, 11) is 2.97. The Labute approximate surface area is 111 Å². The van der Waals surface area contributed by atoms with Crippen molar-refractivity contribution in [1.29, 1.82) is 0 Å². The molecule has 114 valence electrons. The second-order valence-corrected chi connectivity index (χ2v) is 4.37. The molecule has 0 saturated carbocycles. The van der Waals surface area contributed by atoms with Crippen molar-refractivity contribution in [1.82, 2.24) is 0 Å². The number of aliphatic hydroxyl groups excluding tert-OH is 4. The van der Waals surface area contributed by atoms with Gasteiger partial charge in [-0.25, -0.2) is 0 Å². The second kappa shape index (κ2) is 8.08. The Morgan fingerprint density at radius 3 is 2.05 bits per heavy atom. The van der Waals surface area contributed by atoms with E-state index in [1.54, 1.807) is 0 Å². The summed E-state index contributed by atoms with van der Waals surface area (Å²) in [5, 5.41) is 38.0. The summed E-state index contributed by atoms with van der Waals surface area (Å²) < 4.78 is 20.5. The number of hydrogen-bond acceptors (Lipinski definition) is 8. The van der Waals surface area contributed by atoms with E-state index in [2.05, 4.69) is 0 Å². The Morgan fingerprint density at radius 1 is 1.00 bits per heavy atom. The largest absolute Gasteiger partial charge is 0.394 e. The maximum Gasteiger partial charge on any atom is 0.187 e. The van der Waals surface area contributed by atoms with Crippen molar-refractivity contribution in [2.75, 3.05) is 34.0 Å². The zero-order chi connectivity index (χ0) is 14.4. The van der Waals surface area contributed by atoms with Crippen LogP contribution in [0.1, 0.15) is 0 Å². The zero-order valence-electron chi connectivity index (χ0n) is 11.0. The molecule has 0 aromatic carbocycles. The topological polar surface area (TPSA) is 118 Å². The van der Waals surface area contributed by atoms with Crippen LogP contribution < -0.4 is 0 Å². The Hall–Kier alpha value is -0.320. The summed E-state index contributed by atoms with van der Waals surface area (Å²) >= 11 is 0. The second-order valence-electron chi connectivity index (χ2n) is 4.37. The molecule has 8 heteroatoms. The summed E-state index contributed by atoms with van der Waals surface area (Å²) in [4.78, 5) is 0. The van der Waals surface area contributed by atoms with Gasteiger partial charge in [0.1, 0.15) is 30.5 Å². The molecule has 5 atom stereocenters. The van der Waals surface area contributed by atoms with Gasteiger partial charge in [-0.15, -0.1) is 0 Å². The molecule has 0 aliphatic carbocycles. The molecule has 0 amide bonds. The summed E-state index contributed by atoms with van der Waals surface area (Å²) in [6.07, 6.45) is -6.95. The van der Waals surface area contributed by atoms with Gasteiger partial charge in [0.25, 0.3) is 0 Å². The molecular formula is C11H22O8. The van der Waals surface area contributed by atoms with Gasteiger partial charge in [-0.3, -0.25) is 0 Å². The van der Waals surface area contributed by atoms with Crippen molar-refractivity contribution in [3.8, 4) is 0 Å². The molecule has 0 radical (unpaired) electrons. The van der Waals surface area contributed by atoms with Crippen molar-refractivity contribution < 1.29 is 39.4 Å². The first kappa shape index (κ1) is 16.7. The first-order chi connectivity index (χ1) is 9.04. The lowest BCUT2D eigenvalue weighted by Gasteiger charge is -2.40. The van der Waals surface area contributed by atoms with E-state index in [1.807, 2.05) is 0 Å². The summed E-state index contributed by atoms with van der Waals surface area (Å²) in [5.74, 6) is 0. The van der Waals surface area contributed by atoms with Crippen LogP contribution in [0.3, 0.4) is 0 Å². The first-order valence-corrected chi connectivity index (χ1v) is 5.99. The molecule has 0 aromatic heterocycles. The highest BCUT2D eigenvalue weighted by Gasteiger charge is 2.44. The standard InChI is InChI=1S/C11H22O8/c1-16-4-6(5-17-2)18-11-10(15)9(14)8(13)7(3-12)19-11/h6-15H,3-5H2,1-2H3. The Balaban J connectivity index is 2.64. The normalized spacial score (nSPS) is 35.8.